The van der Waals surface area contributed by atoms with Crippen molar-refractivity contribution < 1.29 is 9.47 Å². The molecule has 0 radical (unpaired) electrons. The molecule has 28 heavy (non-hydrogen) atoms. The zero-order valence-electron chi connectivity index (χ0n) is 15.7. The summed E-state index contributed by atoms with van der Waals surface area (Å²) in [5.74, 6) is 0.885. The number of hydrogen-bond donors (Lipinski definition) is 0. The molecule has 146 valence electrons. The molecule has 0 N–H and O–H groups in total. The Kier molecular flexibility index (Phi) is 6.65. The first-order chi connectivity index (χ1) is 13.8. The first kappa shape index (κ1) is 19.5. The van der Waals surface area contributed by atoms with Crippen molar-refractivity contribution in [3.8, 4) is 16.9 Å². The van der Waals surface area contributed by atoms with Crippen molar-refractivity contribution in [2.75, 3.05) is 32.8 Å². The van der Waals surface area contributed by atoms with Gasteiger partial charge in [-0.2, -0.15) is 0 Å². The van der Waals surface area contributed by atoms with Gasteiger partial charge in [0, 0.05) is 30.9 Å². The highest BCUT2D eigenvalue weighted by molar-refractivity contribution is 7.16. The molecular weight excluding hydrogens is 390 g/mol. The third-order valence-corrected chi connectivity index (χ3v) is 6.29. The maximum Gasteiger partial charge on any atom is 0.134 e. The number of ether oxygens (including phenoxy) is 2. The summed E-state index contributed by atoms with van der Waals surface area (Å²) < 4.78 is 12.6. The van der Waals surface area contributed by atoms with E-state index in [9.17, 15) is 0 Å². The fourth-order valence-corrected chi connectivity index (χ4v) is 4.53. The van der Waals surface area contributed by atoms with E-state index in [2.05, 4.69) is 59.5 Å². The van der Waals surface area contributed by atoms with Gasteiger partial charge in [-0.3, -0.25) is 4.90 Å². The molecule has 2 heterocycles. The van der Waals surface area contributed by atoms with Crippen molar-refractivity contribution in [3.63, 3.8) is 0 Å². The van der Waals surface area contributed by atoms with E-state index in [1.807, 2.05) is 12.1 Å². The molecule has 1 unspecified atom stereocenters. The second-order valence-electron chi connectivity index (χ2n) is 6.88. The molecule has 3 aromatic rings. The minimum Gasteiger partial charge on any atom is -0.485 e. The van der Waals surface area contributed by atoms with Crippen LogP contribution < -0.4 is 4.74 Å². The molecule has 1 aliphatic rings. The van der Waals surface area contributed by atoms with Crippen LogP contribution >= 0.6 is 22.9 Å². The summed E-state index contributed by atoms with van der Waals surface area (Å²) in [6, 6.07) is 22.8. The Balaban J connectivity index is 1.45. The molecule has 1 atom stereocenters. The highest BCUT2D eigenvalue weighted by atomic mass is 35.5. The maximum absolute atomic E-state index is 6.39. The minimum atomic E-state index is 0.00270. The Morgan fingerprint density at radius 1 is 0.929 bits per heavy atom. The van der Waals surface area contributed by atoms with Crippen molar-refractivity contribution in [2.24, 2.45) is 0 Å². The molecule has 0 bridgehead atoms. The Hall–Kier alpha value is -1.85. The second-order valence-corrected chi connectivity index (χ2v) is 8.63. The van der Waals surface area contributed by atoms with Gasteiger partial charge < -0.3 is 9.47 Å². The van der Waals surface area contributed by atoms with Gasteiger partial charge in [-0.15, -0.1) is 11.3 Å². The smallest absolute Gasteiger partial charge is 0.134 e. The van der Waals surface area contributed by atoms with Gasteiger partial charge in [0.1, 0.15) is 11.9 Å². The summed E-state index contributed by atoms with van der Waals surface area (Å²) >= 11 is 7.78. The second kappa shape index (κ2) is 9.57. The third kappa shape index (κ3) is 5.15. The number of rotatable bonds is 7. The summed E-state index contributed by atoms with van der Waals surface area (Å²) in [5, 5.41) is 0. The van der Waals surface area contributed by atoms with E-state index in [0.29, 0.717) is 0 Å². The quantitative estimate of drug-likeness (QED) is 0.480. The monoisotopic (exact) mass is 413 g/mol. The lowest BCUT2D eigenvalue weighted by atomic mass is 10.1. The largest absolute Gasteiger partial charge is 0.485 e. The van der Waals surface area contributed by atoms with Crippen LogP contribution in [0.1, 0.15) is 17.4 Å². The number of hydrogen-bond acceptors (Lipinski definition) is 4. The summed E-state index contributed by atoms with van der Waals surface area (Å²) in [5.41, 5.74) is 2.40. The van der Waals surface area contributed by atoms with Crippen LogP contribution in [-0.2, 0) is 4.74 Å². The van der Waals surface area contributed by atoms with Crippen LogP contribution in [-0.4, -0.2) is 37.7 Å². The number of nitrogens with zero attached hydrogens (tertiary/aromatic N) is 1. The van der Waals surface area contributed by atoms with Crippen molar-refractivity contribution in [2.45, 2.75) is 12.5 Å². The maximum atomic E-state index is 6.39. The van der Waals surface area contributed by atoms with Crippen LogP contribution in [0.25, 0.3) is 11.1 Å². The summed E-state index contributed by atoms with van der Waals surface area (Å²) in [4.78, 5) is 3.61. The van der Waals surface area contributed by atoms with E-state index in [0.717, 1.165) is 49.4 Å². The fourth-order valence-electron chi connectivity index (χ4n) is 3.41. The molecule has 0 spiro atoms. The van der Waals surface area contributed by atoms with Crippen molar-refractivity contribution in [3.05, 3.63) is 75.9 Å². The Morgan fingerprint density at radius 3 is 2.32 bits per heavy atom. The Bertz CT molecular complexity index is 860. The molecule has 4 rings (SSSR count). The molecule has 3 nitrogen and oxygen atoms in total. The van der Waals surface area contributed by atoms with Gasteiger partial charge in [-0.1, -0.05) is 54.1 Å². The van der Waals surface area contributed by atoms with Crippen LogP contribution in [0.5, 0.6) is 5.75 Å². The van der Waals surface area contributed by atoms with Crippen molar-refractivity contribution in [1.29, 1.82) is 0 Å². The molecule has 1 aromatic heterocycles. The topological polar surface area (TPSA) is 21.7 Å². The normalized spacial score (nSPS) is 16.0. The average Bonchev–Trinajstić information content (AvgIpc) is 3.19. The van der Waals surface area contributed by atoms with Gasteiger partial charge in [-0.25, -0.2) is 0 Å². The molecule has 0 aliphatic carbocycles. The van der Waals surface area contributed by atoms with Crippen molar-refractivity contribution in [1.82, 2.24) is 4.90 Å². The van der Waals surface area contributed by atoms with Crippen LogP contribution in [0.4, 0.5) is 0 Å². The number of halogens is 1. The molecule has 0 amide bonds. The molecule has 1 saturated heterocycles. The van der Waals surface area contributed by atoms with Crippen LogP contribution in [0.15, 0.2) is 66.7 Å². The molecule has 1 fully saturated rings. The zero-order chi connectivity index (χ0) is 19.2. The highest BCUT2D eigenvalue weighted by Crippen LogP contribution is 2.33. The first-order valence-corrected chi connectivity index (χ1v) is 10.8. The lowest BCUT2D eigenvalue weighted by Gasteiger charge is -2.28. The average molecular weight is 414 g/mol. The van der Waals surface area contributed by atoms with Gasteiger partial charge in [-0.05, 0) is 35.4 Å². The minimum absolute atomic E-state index is 0.00270. The Labute approximate surface area is 175 Å². The summed E-state index contributed by atoms with van der Waals surface area (Å²) in [7, 11) is 0. The molecule has 5 heteroatoms. The molecular formula is C23H24ClNO2S. The van der Waals surface area contributed by atoms with Crippen LogP contribution in [0.3, 0.4) is 0 Å². The summed E-state index contributed by atoms with van der Waals surface area (Å²) in [6.45, 7) is 4.60. The van der Waals surface area contributed by atoms with Gasteiger partial charge in [0.05, 0.1) is 17.6 Å². The lowest BCUT2D eigenvalue weighted by molar-refractivity contribution is 0.0319. The zero-order valence-corrected chi connectivity index (χ0v) is 17.3. The lowest BCUT2D eigenvalue weighted by Crippen LogP contribution is -2.37. The van der Waals surface area contributed by atoms with E-state index in [4.69, 9.17) is 21.1 Å². The number of morpholine rings is 1. The van der Waals surface area contributed by atoms with Crippen LogP contribution in [0.2, 0.25) is 4.34 Å². The summed E-state index contributed by atoms with van der Waals surface area (Å²) in [6.07, 6.45) is 0.931. The SMILES string of the molecule is Clc1ccc(C(CCN2CCOCC2)Oc2ccc(-c3ccccc3)cc2)s1. The van der Waals surface area contributed by atoms with Gasteiger partial charge in [0.25, 0.3) is 0 Å². The van der Waals surface area contributed by atoms with E-state index >= 15 is 0 Å². The third-order valence-electron chi connectivity index (χ3n) is 4.96. The van der Waals surface area contributed by atoms with Crippen molar-refractivity contribution >= 4 is 22.9 Å². The van der Waals surface area contributed by atoms with E-state index < -0.39 is 0 Å². The number of thiophene rings is 1. The predicted octanol–water partition coefficient (Wildman–Crippen LogP) is 5.91. The van der Waals surface area contributed by atoms with Gasteiger partial charge >= 0.3 is 0 Å². The molecule has 2 aromatic carbocycles. The Morgan fingerprint density at radius 2 is 1.64 bits per heavy atom. The van der Waals surface area contributed by atoms with E-state index in [1.165, 1.54) is 16.0 Å². The van der Waals surface area contributed by atoms with Gasteiger partial charge in [0.2, 0.25) is 0 Å². The first-order valence-electron chi connectivity index (χ1n) is 9.65. The van der Waals surface area contributed by atoms with E-state index in [-0.39, 0.29) is 6.10 Å². The fraction of sp³-hybridized carbons (Fsp3) is 0.304. The van der Waals surface area contributed by atoms with E-state index in [1.54, 1.807) is 11.3 Å². The standard InChI is InChI=1S/C23H24ClNO2S/c24-23-11-10-22(28-23)21(12-13-25-14-16-26-17-15-25)27-20-8-6-19(7-9-20)18-4-2-1-3-5-18/h1-11,21H,12-17H2. The highest BCUT2D eigenvalue weighted by Gasteiger charge is 2.19. The molecule has 1 aliphatic heterocycles. The van der Waals surface area contributed by atoms with Gasteiger partial charge in [0.15, 0.2) is 0 Å². The molecule has 0 saturated carbocycles. The van der Waals surface area contributed by atoms with Crippen LogP contribution in [0, 0.1) is 0 Å². The number of benzene rings is 2. The predicted molar refractivity (Wildman–Crippen MR) is 116 cm³/mol.